The Hall–Kier alpha value is -3.29. The lowest BCUT2D eigenvalue weighted by Crippen LogP contribution is -2.13. The van der Waals surface area contributed by atoms with E-state index in [4.69, 9.17) is 5.11 Å². The van der Waals surface area contributed by atoms with E-state index in [2.05, 4.69) is 14.7 Å². The van der Waals surface area contributed by atoms with Crippen molar-refractivity contribution < 1.29 is 23.4 Å². The van der Waals surface area contributed by atoms with Gasteiger partial charge in [-0.15, -0.1) is 0 Å². The third kappa shape index (κ3) is 3.79. The molecule has 0 spiro atoms. The zero-order valence-corrected chi connectivity index (χ0v) is 12.7. The van der Waals surface area contributed by atoms with E-state index >= 15 is 0 Å². The summed E-state index contributed by atoms with van der Waals surface area (Å²) >= 11 is 0. The molecule has 0 saturated heterocycles. The molecule has 1 aromatic heterocycles. The number of H-pyrrole nitrogens is 1. The minimum Gasteiger partial charge on any atom is -0.478 e. The van der Waals surface area contributed by atoms with Crippen molar-refractivity contribution in [1.82, 2.24) is 9.97 Å². The van der Waals surface area contributed by atoms with Crippen molar-refractivity contribution in [2.45, 2.75) is 13.0 Å². The molecule has 0 radical (unpaired) electrons. The summed E-state index contributed by atoms with van der Waals surface area (Å²) in [4.78, 5) is 30.0. The quantitative estimate of drug-likeness (QED) is 0.741. The maximum Gasteiger partial charge on any atom is 0.387 e. The number of fused-ring (bicyclic) bond motifs is 1. The van der Waals surface area contributed by atoms with E-state index in [0.29, 0.717) is 5.82 Å². The van der Waals surface area contributed by atoms with E-state index in [-0.39, 0.29) is 34.2 Å². The molecule has 0 aliphatic rings. The molecular formula is C17H12F2N2O4. The molecule has 3 rings (SSSR count). The Labute approximate surface area is 139 Å². The lowest BCUT2D eigenvalue weighted by molar-refractivity contribution is -0.0498. The van der Waals surface area contributed by atoms with Crippen LogP contribution in [0.2, 0.25) is 0 Å². The molecule has 1 heterocycles. The van der Waals surface area contributed by atoms with Gasteiger partial charge in [0.25, 0.3) is 5.56 Å². The van der Waals surface area contributed by atoms with Gasteiger partial charge in [0.2, 0.25) is 0 Å². The summed E-state index contributed by atoms with van der Waals surface area (Å²) in [6.45, 7) is -2.90. The summed E-state index contributed by atoms with van der Waals surface area (Å²) in [5.41, 5.74) is 0.648. The number of aromatic nitrogens is 2. The number of carboxylic acids is 1. The van der Waals surface area contributed by atoms with Gasteiger partial charge in [-0.25, -0.2) is 9.78 Å². The van der Waals surface area contributed by atoms with Crippen molar-refractivity contribution in [2.75, 3.05) is 0 Å². The minimum atomic E-state index is -2.90. The number of carbonyl (C=O) groups is 1. The van der Waals surface area contributed by atoms with Crippen molar-refractivity contribution in [3.8, 4) is 5.75 Å². The predicted molar refractivity (Wildman–Crippen MR) is 85.2 cm³/mol. The van der Waals surface area contributed by atoms with Gasteiger partial charge in [-0.2, -0.15) is 8.78 Å². The number of rotatable bonds is 5. The standard InChI is InChI=1S/C17H12F2N2O4/c18-17(19)25-11-4-1-9(2-5-11)7-14-20-13-8-10(16(23)24)3-6-12(13)15(22)21-14/h1-6,8,17H,7H2,(H,23,24)(H,20,21,22). The van der Waals surface area contributed by atoms with Crippen LogP contribution < -0.4 is 10.3 Å². The molecule has 0 saturated carbocycles. The molecule has 0 aliphatic carbocycles. The molecule has 128 valence electrons. The number of nitrogens with zero attached hydrogens (tertiary/aromatic N) is 1. The third-order valence-corrected chi connectivity index (χ3v) is 3.52. The van der Waals surface area contributed by atoms with Crippen LogP contribution in [0.15, 0.2) is 47.3 Å². The van der Waals surface area contributed by atoms with E-state index in [9.17, 15) is 18.4 Å². The number of benzene rings is 2. The van der Waals surface area contributed by atoms with Crippen LogP contribution >= 0.6 is 0 Å². The third-order valence-electron chi connectivity index (χ3n) is 3.52. The second-order valence-electron chi connectivity index (χ2n) is 5.25. The fraction of sp³-hybridized carbons (Fsp3) is 0.118. The number of ether oxygens (including phenoxy) is 1. The zero-order valence-electron chi connectivity index (χ0n) is 12.7. The number of nitrogens with one attached hydrogen (secondary N) is 1. The summed E-state index contributed by atoms with van der Waals surface area (Å²) in [6.07, 6.45) is 0.247. The van der Waals surface area contributed by atoms with Crippen LogP contribution in [0.1, 0.15) is 21.7 Å². The van der Waals surface area contributed by atoms with Crippen molar-refractivity contribution in [3.05, 3.63) is 69.8 Å². The van der Waals surface area contributed by atoms with Crippen molar-refractivity contribution in [2.24, 2.45) is 0 Å². The fourth-order valence-electron chi connectivity index (χ4n) is 2.39. The highest BCUT2D eigenvalue weighted by Gasteiger charge is 2.09. The second kappa shape index (κ2) is 6.68. The van der Waals surface area contributed by atoms with Gasteiger partial charge in [0.15, 0.2) is 0 Å². The number of aromatic carboxylic acids is 1. The van der Waals surface area contributed by atoms with Gasteiger partial charge in [-0.3, -0.25) is 4.79 Å². The van der Waals surface area contributed by atoms with Crippen LogP contribution in [0.3, 0.4) is 0 Å². The molecule has 6 nitrogen and oxygen atoms in total. The first-order valence-corrected chi connectivity index (χ1v) is 7.22. The molecule has 3 aromatic rings. The molecule has 0 fully saturated rings. The summed E-state index contributed by atoms with van der Waals surface area (Å²) in [7, 11) is 0. The molecule has 2 aromatic carbocycles. The van der Waals surface area contributed by atoms with E-state index in [0.717, 1.165) is 5.56 Å². The van der Waals surface area contributed by atoms with Crippen LogP contribution in [-0.2, 0) is 6.42 Å². The van der Waals surface area contributed by atoms with E-state index in [1.54, 1.807) is 12.1 Å². The Kier molecular flexibility index (Phi) is 4.42. The number of alkyl halides is 2. The highest BCUT2D eigenvalue weighted by atomic mass is 19.3. The van der Waals surface area contributed by atoms with Gasteiger partial charge in [-0.1, -0.05) is 12.1 Å². The van der Waals surface area contributed by atoms with Gasteiger partial charge in [-0.05, 0) is 35.9 Å². The van der Waals surface area contributed by atoms with Crippen LogP contribution in [0.5, 0.6) is 5.75 Å². The van der Waals surface area contributed by atoms with Gasteiger partial charge < -0.3 is 14.8 Å². The van der Waals surface area contributed by atoms with Crippen LogP contribution in [0.4, 0.5) is 8.78 Å². The first-order chi connectivity index (χ1) is 11.9. The highest BCUT2D eigenvalue weighted by Crippen LogP contribution is 2.17. The zero-order chi connectivity index (χ0) is 18.0. The minimum absolute atomic E-state index is 0.0322. The van der Waals surface area contributed by atoms with E-state index in [1.807, 2.05) is 0 Å². The molecule has 25 heavy (non-hydrogen) atoms. The first kappa shape index (κ1) is 16.6. The van der Waals surface area contributed by atoms with Gasteiger partial charge in [0.05, 0.1) is 16.5 Å². The van der Waals surface area contributed by atoms with Crippen LogP contribution in [-0.4, -0.2) is 27.7 Å². The van der Waals surface area contributed by atoms with Gasteiger partial charge >= 0.3 is 12.6 Å². The van der Waals surface area contributed by atoms with E-state index < -0.39 is 12.6 Å². The van der Waals surface area contributed by atoms with Crippen molar-refractivity contribution in [1.29, 1.82) is 0 Å². The van der Waals surface area contributed by atoms with Crippen molar-refractivity contribution >= 4 is 16.9 Å². The number of halogens is 2. The summed E-state index contributed by atoms with van der Waals surface area (Å²) in [6, 6.07) is 10.0. The maximum absolute atomic E-state index is 12.1. The Balaban J connectivity index is 1.90. The predicted octanol–water partition coefficient (Wildman–Crippen LogP) is 2.81. The second-order valence-corrected chi connectivity index (χ2v) is 5.25. The number of hydrogen-bond donors (Lipinski definition) is 2. The number of aromatic amines is 1. The topological polar surface area (TPSA) is 92.3 Å². The average Bonchev–Trinajstić information content (AvgIpc) is 2.55. The molecule has 0 unspecified atom stereocenters. The normalized spacial score (nSPS) is 11.0. The molecule has 0 bridgehead atoms. The number of carboxylic acid groups (broad SMARTS) is 1. The van der Waals surface area contributed by atoms with Crippen LogP contribution in [0.25, 0.3) is 10.9 Å². The van der Waals surface area contributed by atoms with E-state index in [1.165, 1.54) is 30.3 Å². The largest absolute Gasteiger partial charge is 0.478 e. The Bertz CT molecular complexity index is 984. The monoisotopic (exact) mass is 346 g/mol. The Morgan fingerprint density at radius 3 is 2.56 bits per heavy atom. The van der Waals surface area contributed by atoms with Gasteiger partial charge in [0.1, 0.15) is 11.6 Å². The first-order valence-electron chi connectivity index (χ1n) is 7.22. The molecule has 8 heteroatoms. The Morgan fingerprint density at radius 1 is 1.20 bits per heavy atom. The summed E-state index contributed by atoms with van der Waals surface area (Å²) in [5, 5.41) is 9.31. The lowest BCUT2D eigenvalue weighted by Gasteiger charge is -2.06. The maximum atomic E-state index is 12.1. The summed E-state index contributed by atoms with van der Waals surface area (Å²) < 4.78 is 28.5. The van der Waals surface area contributed by atoms with Crippen LogP contribution in [0, 0.1) is 0 Å². The number of hydrogen-bond acceptors (Lipinski definition) is 4. The van der Waals surface area contributed by atoms with Gasteiger partial charge in [0, 0.05) is 6.42 Å². The molecule has 0 atom stereocenters. The molecule has 0 amide bonds. The fourth-order valence-corrected chi connectivity index (χ4v) is 2.39. The smallest absolute Gasteiger partial charge is 0.387 e. The lowest BCUT2D eigenvalue weighted by atomic mass is 10.1. The summed E-state index contributed by atoms with van der Waals surface area (Å²) in [5.74, 6) is -0.743. The van der Waals surface area contributed by atoms with Crippen molar-refractivity contribution in [3.63, 3.8) is 0 Å². The highest BCUT2D eigenvalue weighted by molar-refractivity contribution is 5.92. The Morgan fingerprint density at radius 2 is 1.92 bits per heavy atom. The molecular weight excluding hydrogens is 334 g/mol. The SMILES string of the molecule is O=C(O)c1ccc2c(=O)[nH]c(Cc3ccc(OC(F)F)cc3)nc2c1. The average molecular weight is 346 g/mol. The molecule has 0 aliphatic heterocycles. The molecule has 2 N–H and O–H groups in total.